The minimum atomic E-state index is -1.67. The van der Waals surface area contributed by atoms with Gasteiger partial charge in [0, 0.05) is 112 Å². The highest BCUT2D eigenvalue weighted by molar-refractivity contribution is 6.45. The summed E-state index contributed by atoms with van der Waals surface area (Å²) >= 11 is 51.0. The van der Waals surface area contributed by atoms with Crippen LogP contribution in [0.4, 0.5) is 64.9 Å². The van der Waals surface area contributed by atoms with Gasteiger partial charge in [-0.3, -0.25) is 57.4 Å². The van der Waals surface area contributed by atoms with Crippen LogP contribution in [0.2, 0.25) is 40.2 Å². The maximum atomic E-state index is 15.6. The van der Waals surface area contributed by atoms with Gasteiger partial charge in [0.15, 0.2) is 40.7 Å². The minimum absolute atomic E-state index is 0.00290. The first-order valence-electron chi connectivity index (χ1n) is 42.6. The van der Waals surface area contributed by atoms with E-state index < -0.39 is 122 Å². The van der Waals surface area contributed by atoms with Crippen molar-refractivity contribution < 1.29 is 45.1 Å². The number of carbonyl (C=O) groups is 3. The van der Waals surface area contributed by atoms with E-state index in [1.165, 1.54) is 50.1 Å². The molecule has 9 aromatic heterocycles. The van der Waals surface area contributed by atoms with Gasteiger partial charge >= 0.3 is 0 Å². The van der Waals surface area contributed by atoms with E-state index in [1.54, 1.807) is 77.2 Å². The Labute approximate surface area is 825 Å². The quantitative estimate of drug-likeness (QED) is 0.0282. The second-order valence-corrected chi connectivity index (χ2v) is 36.9. The highest BCUT2D eigenvalue weighted by Crippen LogP contribution is 2.50. The molecular formula is C96H84Cl8F7N21O6. The number of rotatable bonds is 15. The molecule has 42 heteroatoms. The maximum absolute atomic E-state index is 15.6. The highest BCUT2D eigenvalue weighted by atomic mass is 35.5. The average molecular weight is 2040 g/mol. The van der Waals surface area contributed by atoms with Crippen molar-refractivity contribution in [2.75, 3.05) is 90.8 Å². The minimum Gasteiger partial charge on any atom is -0.395 e. The Bertz CT molecular complexity index is 6790. The number of nitrogen functional groups attached to an aromatic ring is 3. The molecule has 6 N–H and O–H groups in total. The van der Waals surface area contributed by atoms with Gasteiger partial charge in [-0.25, -0.2) is 45.7 Å². The number of nitriles is 3. The third-order valence-corrected chi connectivity index (χ3v) is 26.9. The zero-order valence-corrected chi connectivity index (χ0v) is 81.8. The van der Waals surface area contributed by atoms with Gasteiger partial charge in [0.2, 0.25) is 17.7 Å². The number of amides is 3. The van der Waals surface area contributed by atoms with E-state index in [0.29, 0.717) is 50.8 Å². The van der Waals surface area contributed by atoms with Crippen molar-refractivity contribution in [1.82, 2.24) is 58.3 Å². The average Bonchev–Trinajstić information content (AvgIpc) is 0.726. The number of fused-ring (bicyclic) bond motifs is 3. The van der Waals surface area contributed by atoms with E-state index in [4.69, 9.17) is 120 Å². The molecule has 15 rings (SSSR count). The fourth-order valence-corrected chi connectivity index (χ4v) is 19.4. The summed E-state index contributed by atoms with van der Waals surface area (Å²) in [6, 6.07) is 14.6. The van der Waals surface area contributed by atoms with Crippen molar-refractivity contribution in [3.63, 3.8) is 0 Å². The largest absolute Gasteiger partial charge is 0.395 e. The summed E-state index contributed by atoms with van der Waals surface area (Å²) in [5.74, 6) is -10.9. The van der Waals surface area contributed by atoms with Crippen molar-refractivity contribution in [2.45, 2.75) is 119 Å². The summed E-state index contributed by atoms with van der Waals surface area (Å²) in [6.07, 6.45) is 8.49. The molecule has 3 amide bonds. The number of halogens is 15. The van der Waals surface area contributed by atoms with Crippen molar-refractivity contribution >= 4 is 178 Å². The summed E-state index contributed by atoms with van der Waals surface area (Å²) in [6.45, 7) is 35.2. The predicted molar refractivity (Wildman–Crippen MR) is 526 cm³/mol. The molecule has 0 spiro atoms. The third kappa shape index (κ3) is 17.9. The topological polar surface area (TPSA) is 363 Å². The summed E-state index contributed by atoms with van der Waals surface area (Å²) in [4.78, 5) is 119. The summed E-state index contributed by atoms with van der Waals surface area (Å²) in [5.41, 5.74) is 14.3. The van der Waals surface area contributed by atoms with Crippen LogP contribution in [0, 0.1) is 95.5 Å². The lowest BCUT2D eigenvalue weighted by molar-refractivity contribution is -0.129. The van der Waals surface area contributed by atoms with E-state index in [-0.39, 0.29) is 206 Å². The zero-order valence-electron chi connectivity index (χ0n) is 75.8. The first-order valence-corrected chi connectivity index (χ1v) is 45.6. The van der Waals surface area contributed by atoms with Crippen LogP contribution >= 0.6 is 92.8 Å². The third-order valence-electron chi connectivity index (χ3n) is 24.1. The molecule has 12 aromatic rings. The number of anilines is 6. The molecule has 3 saturated heterocycles. The molecule has 12 heterocycles. The molecule has 27 nitrogen and oxygen atoms in total. The Morgan fingerprint density at radius 2 is 0.681 bits per heavy atom. The number of nitrogens with two attached hydrogens (primary N) is 3. The normalized spacial score (nSPS) is 15.0. The van der Waals surface area contributed by atoms with Gasteiger partial charge in [-0.05, 0) is 131 Å². The van der Waals surface area contributed by atoms with Crippen LogP contribution in [0.3, 0.4) is 0 Å². The zero-order chi connectivity index (χ0) is 101. The van der Waals surface area contributed by atoms with Gasteiger partial charge in [0.25, 0.3) is 16.7 Å². The van der Waals surface area contributed by atoms with Crippen LogP contribution in [0.1, 0.15) is 131 Å². The smallest absolute Gasteiger partial charge is 0.276 e. The van der Waals surface area contributed by atoms with Crippen LogP contribution in [-0.4, -0.2) is 153 Å². The number of benzene rings is 3. The lowest BCUT2D eigenvalue weighted by Gasteiger charge is -2.41. The Kier molecular flexibility index (Phi) is 30.1. The van der Waals surface area contributed by atoms with Gasteiger partial charge in [-0.2, -0.15) is 15.8 Å². The first kappa shape index (κ1) is 102. The second kappa shape index (κ2) is 40.5. The summed E-state index contributed by atoms with van der Waals surface area (Å²) in [5, 5.41) is 28.1. The van der Waals surface area contributed by atoms with Crippen LogP contribution in [0.5, 0.6) is 0 Å². The lowest BCUT2D eigenvalue weighted by Crippen LogP contribution is -2.54. The molecule has 0 bridgehead atoms. The van der Waals surface area contributed by atoms with Crippen molar-refractivity contribution in [2.24, 2.45) is 0 Å². The van der Waals surface area contributed by atoms with Crippen LogP contribution in [0.25, 0.3) is 83.9 Å². The number of hydrogen-bond acceptors (Lipinski definition) is 21. The number of carbonyl (C=O) groups excluding carboxylic acids is 3. The van der Waals surface area contributed by atoms with Crippen molar-refractivity contribution in [3.8, 4) is 69.0 Å². The van der Waals surface area contributed by atoms with Crippen molar-refractivity contribution in [1.29, 1.82) is 15.8 Å². The monoisotopic (exact) mass is 2040 g/mol. The molecule has 3 atom stereocenters. The van der Waals surface area contributed by atoms with Gasteiger partial charge in [-0.1, -0.05) is 154 Å². The molecular weight excluding hydrogens is 1960 g/mol. The molecule has 0 unspecified atom stereocenters. The molecule has 0 aliphatic carbocycles. The van der Waals surface area contributed by atoms with Crippen LogP contribution < -0.4 is 48.6 Å². The molecule has 714 valence electrons. The van der Waals surface area contributed by atoms with E-state index in [1.807, 2.05) is 78.2 Å². The number of nitrogens with zero attached hydrogens (tertiary/aromatic N) is 18. The van der Waals surface area contributed by atoms with E-state index >= 15 is 13.2 Å². The molecule has 0 radical (unpaired) electrons. The molecule has 138 heavy (non-hydrogen) atoms. The number of aryl methyl sites for hydroxylation is 3. The lowest BCUT2D eigenvalue weighted by atomic mass is 10.0. The van der Waals surface area contributed by atoms with E-state index in [2.05, 4.69) is 51.8 Å². The van der Waals surface area contributed by atoms with E-state index in [0.717, 1.165) is 0 Å². The molecule has 3 fully saturated rings. The Hall–Kier alpha value is -13.1. The Balaban J connectivity index is 0.000000175. The fourth-order valence-electron chi connectivity index (χ4n) is 17.5. The number of aromatic nitrogens is 9. The van der Waals surface area contributed by atoms with Crippen LogP contribution in [0.15, 0.2) is 107 Å². The van der Waals surface area contributed by atoms with Gasteiger partial charge < -0.3 is 46.6 Å². The van der Waals surface area contributed by atoms with Gasteiger partial charge in [0.1, 0.15) is 68.2 Å². The number of hydrogen-bond donors (Lipinski definition) is 3. The second-order valence-electron chi connectivity index (χ2n) is 33.8. The van der Waals surface area contributed by atoms with E-state index in [9.17, 15) is 62.1 Å². The molecule has 0 saturated carbocycles. The molecule has 3 aliphatic heterocycles. The SMILES string of the molecule is C=CC(=O)N1CCN(c2c(C#N)c(=O)n(-c3c(C)ccnc3C(C)C)c3nc(-c4c(F)c(Cl)c(F)c(N)c4Cl)c(Cl)cc23)C[C@H]1C.C=CC(=O)N1CCN(c2c(C#N)c(=O)n(-c3c(C)ccnc3C(C)C)c3nc(-c4c(F)c(N)c(F)c(Cl)c4Cl)c(Cl)cc23)C[C@H]1C.C=CC(=O)N1CCN(c2c(C#N)c(=O)n(-c3c(C)ccnc3C(C)C)c3nc(-c4c(F)c(N)c(F)c(F)c4Cl)c(Cl)cc23)C[C@H]1C. The standard InChI is InChI=1S/2C32H28Cl3F2N7O2.C32H28Cl2F3N7O2/c1-6-20(45)43-10-9-42(13-16(43)5)30-17-11-19(33)28(21-22(34)26(39)25(37)23(35)24(21)36)41-31(17)44(32(46)18(30)12-38)29-15(4)7-8-40-27(29)14(2)3;1-6-20(45)43-10-9-42(13-16(43)5)30-17-11-19(33)28(21-22(34)23(35)25(37)26(39)24(21)36)41-31(17)44(32(46)18(30)12-38)29-15(4)7-8-40-27(29)14(2)3;1-6-20(45)43-10-9-42(13-16(43)5)30-17-11-19(33)28(21-22(34)24(36)25(37)26(39)23(21)35)41-31(17)44(32(46)18(30)12-38)29-15(4)7-8-40-27(29)14(2)3/h3*6-8,11,14,16H,1,9-10,13,39H2,2-5H3/t3*16-/m111/s1. The molecule has 3 aliphatic rings. The van der Waals surface area contributed by atoms with Gasteiger partial charge in [0.05, 0.1) is 126 Å². The predicted octanol–water partition coefficient (Wildman–Crippen LogP) is 19.9. The first-order chi connectivity index (χ1) is 65.2. The highest BCUT2D eigenvalue weighted by Gasteiger charge is 2.40. The summed E-state index contributed by atoms with van der Waals surface area (Å²) < 4.78 is 108. The molecule has 3 aromatic carbocycles. The van der Waals surface area contributed by atoms with Gasteiger partial charge in [-0.15, -0.1) is 0 Å². The Morgan fingerprint density at radius 3 is 0.964 bits per heavy atom. The fraction of sp³-hybridized carbons (Fsp3) is 0.281. The summed E-state index contributed by atoms with van der Waals surface area (Å²) in [7, 11) is 0. The Morgan fingerprint density at radius 1 is 0.399 bits per heavy atom. The number of pyridine rings is 9. The van der Waals surface area contributed by atoms with Crippen molar-refractivity contribution in [3.05, 3.63) is 255 Å². The van der Waals surface area contributed by atoms with Crippen LogP contribution in [-0.2, 0) is 14.4 Å². The number of piperazine rings is 3. The maximum Gasteiger partial charge on any atom is 0.276 e.